The number of ether oxygens (including phenoxy) is 1. The van der Waals surface area contributed by atoms with Crippen LogP contribution in [0.2, 0.25) is 0 Å². The highest BCUT2D eigenvalue weighted by atomic mass is 16.5. The molecule has 0 fully saturated rings. The van der Waals surface area contributed by atoms with Crippen LogP contribution >= 0.6 is 0 Å². The Morgan fingerprint density at radius 1 is 1.15 bits per heavy atom. The molecule has 2 N–H and O–H groups in total. The van der Waals surface area contributed by atoms with Gasteiger partial charge < -0.3 is 20.3 Å². The largest absolute Gasteiger partial charge is 0.492 e. The number of para-hydroxylation sites is 1. The second-order valence-corrected chi connectivity index (χ2v) is 6.46. The van der Waals surface area contributed by atoms with Gasteiger partial charge in [-0.15, -0.1) is 0 Å². The lowest BCUT2D eigenvalue weighted by Gasteiger charge is -2.19. The number of nitrogens with zero attached hydrogens (tertiary/aromatic N) is 2. The fourth-order valence-corrected chi connectivity index (χ4v) is 3.01. The lowest BCUT2D eigenvalue weighted by molar-refractivity contribution is 0.221. The van der Waals surface area contributed by atoms with E-state index in [4.69, 9.17) is 9.73 Å². The molecule has 0 amide bonds. The Kier molecular flexibility index (Phi) is 9.04. The second kappa shape index (κ2) is 11.6. The summed E-state index contributed by atoms with van der Waals surface area (Å²) < 4.78 is 6.04. The lowest BCUT2D eigenvalue weighted by atomic mass is 10.2. The highest BCUT2D eigenvalue weighted by Crippen LogP contribution is 2.19. The molecule has 1 aliphatic carbocycles. The second-order valence-electron chi connectivity index (χ2n) is 6.46. The zero-order chi connectivity index (χ0) is 18.6. The van der Waals surface area contributed by atoms with Gasteiger partial charge in [-0.2, -0.15) is 0 Å². The highest BCUT2D eigenvalue weighted by Gasteiger charge is 2.12. The Morgan fingerprint density at radius 2 is 1.88 bits per heavy atom. The molecule has 144 valence electrons. The molecule has 26 heavy (non-hydrogen) atoms. The van der Waals surface area contributed by atoms with Gasteiger partial charge in [0.2, 0.25) is 0 Å². The smallest absolute Gasteiger partial charge is 0.191 e. The van der Waals surface area contributed by atoms with E-state index in [9.17, 15) is 0 Å². The van der Waals surface area contributed by atoms with E-state index in [2.05, 4.69) is 54.5 Å². The molecule has 1 aliphatic rings. The summed E-state index contributed by atoms with van der Waals surface area (Å²) in [6, 6.07) is 8.65. The standard InChI is InChI=1S/C21H34N4O/c1-4-22-21(24-19-12-8-9-13-19)23-17-18-11-7-10-14-20(18)26-16-15-25(5-2)6-3/h7-11,14,19H,4-6,12-13,15-17H2,1-3H3,(H2,22,23,24). The van der Waals surface area contributed by atoms with Crippen molar-refractivity contribution in [3.8, 4) is 5.75 Å². The van der Waals surface area contributed by atoms with E-state index in [1.54, 1.807) is 0 Å². The first kappa shape index (κ1) is 20.3. The Bertz CT molecular complexity index is 573. The van der Waals surface area contributed by atoms with Gasteiger partial charge in [0.1, 0.15) is 12.4 Å². The molecule has 0 aliphatic heterocycles. The number of nitrogens with one attached hydrogen (secondary N) is 2. The van der Waals surface area contributed by atoms with E-state index in [0.717, 1.165) is 56.3 Å². The maximum atomic E-state index is 6.04. The minimum absolute atomic E-state index is 0.452. The quantitative estimate of drug-likeness (QED) is 0.383. The molecule has 5 heteroatoms. The average molecular weight is 359 g/mol. The van der Waals surface area contributed by atoms with E-state index in [1.165, 1.54) is 0 Å². The predicted molar refractivity (Wildman–Crippen MR) is 110 cm³/mol. The van der Waals surface area contributed by atoms with Crippen molar-refractivity contribution in [3.05, 3.63) is 42.0 Å². The van der Waals surface area contributed by atoms with Crippen LogP contribution in [0.3, 0.4) is 0 Å². The molecular formula is C21H34N4O. The molecule has 0 spiro atoms. The van der Waals surface area contributed by atoms with Gasteiger partial charge in [0.25, 0.3) is 0 Å². The van der Waals surface area contributed by atoms with E-state index < -0.39 is 0 Å². The Morgan fingerprint density at radius 3 is 2.58 bits per heavy atom. The maximum Gasteiger partial charge on any atom is 0.191 e. The summed E-state index contributed by atoms with van der Waals surface area (Å²) >= 11 is 0. The van der Waals surface area contributed by atoms with E-state index in [1.807, 2.05) is 18.2 Å². The third-order valence-electron chi connectivity index (χ3n) is 4.63. The number of guanidine groups is 1. The van der Waals surface area contributed by atoms with Gasteiger partial charge in [-0.25, -0.2) is 4.99 Å². The van der Waals surface area contributed by atoms with Crippen LogP contribution in [0.25, 0.3) is 0 Å². The number of rotatable bonds is 10. The van der Waals surface area contributed by atoms with Gasteiger partial charge in [-0.05, 0) is 38.9 Å². The number of hydrogen-bond acceptors (Lipinski definition) is 3. The van der Waals surface area contributed by atoms with Crippen molar-refractivity contribution in [1.29, 1.82) is 0 Å². The van der Waals surface area contributed by atoms with Gasteiger partial charge in [-0.1, -0.05) is 44.2 Å². The third-order valence-corrected chi connectivity index (χ3v) is 4.63. The molecule has 1 aromatic carbocycles. The van der Waals surface area contributed by atoms with Crippen LogP contribution < -0.4 is 15.4 Å². The number of aliphatic imine (C=N–C) groups is 1. The maximum absolute atomic E-state index is 6.04. The molecule has 0 heterocycles. The normalized spacial score (nSPS) is 14.8. The molecule has 0 saturated carbocycles. The zero-order valence-corrected chi connectivity index (χ0v) is 16.5. The lowest BCUT2D eigenvalue weighted by Crippen LogP contribution is -2.42. The number of likely N-dealkylation sites (N-methyl/N-ethyl adjacent to an activating group) is 1. The van der Waals surface area contributed by atoms with Gasteiger partial charge in [-0.3, -0.25) is 0 Å². The minimum Gasteiger partial charge on any atom is -0.492 e. The summed E-state index contributed by atoms with van der Waals surface area (Å²) in [6.07, 6.45) is 6.57. The fourth-order valence-electron chi connectivity index (χ4n) is 3.01. The molecular weight excluding hydrogens is 324 g/mol. The predicted octanol–water partition coefficient (Wildman–Crippen LogP) is 3.18. The first-order valence-electron chi connectivity index (χ1n) is 9.89. The van der Waals surface area contributed by atoms with Crippen molar-refractivity contribution < 1.29 is 4.74 Å². The monoisotopic (exact) mass is 358 g/mol. The molecule has 0 aromatic heterocycles. The van der Waals surface area contributed by atoms with Crippen molar-refractivity contribution >= 4 is 5.96 Å². The summed E-state index contributed by atoms with van der Waals surface area (Å²) in [4.78, 5) is 7.12. The first-order chi connectivity index (χ1) is 12.8. The van der Waals surface area contributed by atoms with Crippen LogP contribution in [-0.4, -0.2) is 49.7 Å². The van der Waals surface area contributed by atoms with E-state index in [0.29, 0.717) is 19.2 Å². The summed E-state index contributed by atoms with van der Waals surface area (Å²) in [7, 11) is 0. The summed E-state index contributed by atoms with van der Waals surface area (Å²) in [5.41, 5.74) is 1.12. The Labute approximate surface area is 158 Å². The summed E-state index contributed by atoms with van der Waals surface area (Å²) in [5.74, 6) is 1.81. The van der Waals surface area contributed by atoms with Crippen LogP contribution in [0.5, 0.6) is 5.75 Å². The van der Waals surface area contributed by atoms with Gasteiger partial charge in [0.05, 0.1) is 6.54 Å². The first-order valence-corrected chi connectivity index (χ1v) is 9.89. The van der Waals surface area contributed by atoms with Gasteiger partial charge in [0.15, 0.2) is 5.96 Å². The molecule has 2 rings (SSSR count). The van der Waals surface area contributed by atoms with Crippen molar-refractivity contribution in [2.45, 2.75) is 46.2 Å². The molecule has 0 radical (unpaired) electrons. The van der Waals surface area contributed by atoms with Crippen LogP contribution in [0.15, 0.2) is 41.4 Å². The number of benzene rings is 1. The molecule has 0 atom stereocenters. The Hall–Kier alpha value is -2.01. The molecule has 1 aromatic rings. The summed E-state index contributed by atoms with van der Waals surface area (Å²) in [5, 5.41) is 6.84. The van der Waals surface area contributed by atoms with Gasteiger partial charge >= 0.3 is 0 Å². The van der Waals surface area contributed by atoms with Crippen LogP contribution in [0.4, 0.5) is 0 Å². The van der Waals surface area contributed by atoms with Crippen molar-refractivity contribution in [2.75, 3.05) is 32.8 Å². The van der Waals surface area contributed by atoms with Crippen molar-refractivity contribution in [2.24, 2.45) is 4.99 Å². The van der Waals surface area contributed by atoms with Crippen LogP contribution in [-0.2, 0) is 6.54 Å². The molecule has 0 unspecified atom stereocenters. The van der Waals surface area contributed by atoms with Crippen LogP contribution in [0.1, 0.15) is 39.2 Å². The Balaban J connectivity index is 1.93. The number of hydrogen-bond donors (Lipinski definition) is 2. The molecule has 0 saturated heterocycles. The summed E-state index contributed by atoms with van der Waals surface area (Å²) in [6.45, 7) is 11.7. The fraction of sp³-hybridized carbons (Fsp3) is 0.571. The molecule has 0 bridgehead atoms. The molecule has 5 nitrogen and oxygen atoms in total. The third kappa shape index (κ3) is 6.71. The van der Waals surface area contributed by atoms with Crippen molar-refractivity contribution in [1.82, 2.24) is 15.5 Å². The van der Waals surface area contributed by atoms with Crippen LogP contribution in [0, 0.1) is 0 Å². The zero-order valence-electron chi connectivity index (χ0n) is 16.5. The average Bonchev–Trinajstić information content (AvgIpc) is 3.17. The van der Waals surface area contributed by atoms with E-state index in [-0.39, 0.29) is 0 Å². The van der Waals surface area contributed by atoms with E-state index >= 15 is 0 Å². The minimum atomic E-state index is 0.452. The van der Waals surface area contributed by atoms with Crippen molar-refractivity contribution in [3.63, 3.8) is 0 Å². The highest BCUT2D eigenvalue weighted by molar-refractivity contribution is 5.80. The topological polar surface area (TPSA) is 48.9 Å². The van der Waals surface area contributed by atoms with Gasteiger partial charge in [0, 0.05) is 24.7 Å². The SMILES string of the molecule is CCNC(=NCc1ccccc1OCCN(CC)CC)NC1CC=CC1.